The van der Waals surface area contributed by atoms with Gasteiger partial charge in [0.2, 0.25) is 11.8 Å². The van der Waals surface area contributed by atoms with Gasteiger partial charge in [0.05, 0.1) is 26.4 Å². The van der Waals surface area contributed by atoms with Crippen LogP contribution in [-0.2, 0) is 4.74 Å². The molecule has 1 aliphatic heterocycles. The van der Waals surface area contributed by atoms with Crippen LogP contribution in [0.3, 0.4) is 0 Å². The summed E-state index contributed by atoms with van der Waals surface area (Å²) in [6.07, 6.45) is 5.26. The first-order valence-corrected chi connectivity index (χ1v) is 7.25. The van der Waals surface area contributed by atoms with E-state index in [9.17, 15) is 0 Å². The Kier molecular flexibility index (Phi) is 6.43. The van der Waals surface area contributed by atoms with Crippen LogP contribution >= 0.6 is 0 Å². The fourth-order valence-electron chi connectivity index (χ4n) is 2.23. The molecule has 0 radical (unpaired) electrons. The lowest BCUT2D eigenvalue weighted by atomic mass is 10.2. The number of morpholine rings is 1. The normalized spacial score (nSPS) is 17.2. The lowest BCUT2D eigenvalue weighted by Gasteiger charge is -2.30. The van der Waals surface area contributed by atoms with Gasteiger partial charge in [-0.25, -0.2) is 9.97 Å². The van der Waals surface area contributed by atoms with Crippen LogP contribution in [0.2, 0.25) is 0 Å². The van der Waals surface area contributed by atoms with Gasteiger partial charge in [-0.1, -0.05) is 6.08 Å². The number of aromatic nitrogens is 2. The second kappa shape index (κ2) is 8.59. The van der Waals surface area contributed by atoms with Crippen molar-refractivity contribution in [1.29, 1.82) is 0 Å². The maximum atomic E-state index is 6.00. The highest BCUT2D eigenvalue weighted by atomic mass is 16.5. The average molecular weight is 293 g/mol. The van der Waals surface area contributed by atoms with Crippen molar-refractivity contribution in [3.8, 4) is 11.8 Å². The summed E-state index contributed by atoms with van der Waals surface area (Å²) in [5.74, 6) is 1.05. The Hall–Kier alpha value is -1.66. The second-order valence-corrected chi connectivity index (χ2v) is 4.92. The Morgan fingerprint density at radius 1 is 1.38 bits per heavy atom. The first-order valence-electron chi connectivity index (χ1n) is 7.25. The van der Waals surface area contributed by atoms with Gasteiger partial charge in [-0.15, -0.1) is 6.58 Å². The molecule has 1 aromatic rings. The molecule has 1 atom stereocenters. The van der Waals surface area contributed by atoms with Crippen molar-refractivity contribution in [1.82, 2.24) is 14.9 Å². The van der Waals surface area contributed by atoms with Gasteiger partial charge in [-0.2, -0.15) is 0 Å². The molecule has 0 aliphatic carbocycles. The van der Waals surface area contributed by atoms with Crippen LogP contribution in [0.1, 0.15) is 12.8 Å². The predicted octanol–water partition coefficient (Wildman–Crippen LogP) is 1.53. The van der Waals surface area contributed by atoms with Gasteiger partial charge in [0, 0.05) is 19.6 Å². The third kappa shape index (κ3) is 5.32. The number of nitrogens with zero attached hydrogens (tertiary/aromatic N) is 3. The zero-order valence-electron chi connectivity index (χ0n) is 12.5. The number of methoxy groups -OCH3 is 1. The predicted molar refractivity (Wildman–Crippen MR) is 79.7 cm³/mol. The largest absolute Gasteiger partial charge is 0.481 e. The van der Waals surface area contributed by atoms with Crippen LogP contribution in [-0.4, -0.2) is 60.9 Å². The molecule has 1 aliphatic rings. The summed E-state index contributed by atoms with van der Waals surface area (Å²) in [5, 5.41) is 0. The summed E-state index contributed by atoms with van der Waals surface area (Å²) in [6.45, 7) is 8.11. The monoisotopic (exact) mass is 293 g/mol. The van der Waals surface area contributed by atoms with E-state index in [1.54, 1.807) is 13.2 Å². The highest BCUT2D eigenvalue weighted by Gasteiger charge is 2.18. The quantitative estimate of drug-likeness (QED) is 0.678. The van der Waals surface area contributed by atoms with Crippen LogP contribution in [0.5, 0.6) is 11.8 Å². The molecule has 0 amide bonds. The van der Waals surface area contributed by atoms with E-state index in [0.29, 0.717) is 11.8 Å². The Morgan fingerprint density at radius 3 is 2.86 bits per heavy atom. The molecule has 1 saturated heterocycles. The van der Waals surface area contributed by atoms with Gasteiger partial charge in [-0.3, -0.25) is 4.90 Å². The summed E-state index contributed by atoms with van der Waals surface area (Å²) >= 11 is 0. The van der Waals surface area contributed by atoms with Gasteiger partial charge in [0.15, 0.2) is 0 Å². The molecule has 0 spiro atoms. The third-order valence-corrected chi connectivity index (χ3v) is 3.37. The first kappa shape index (κ1) is 15.7. The van der Waals surface area contributed by atoms with E-state index in [2.05, 4.69) is 21.4 Å². The summed E-state index contributed by atoms with van der Waals surface area (Å²) < 4.78 is 16.5. The molecule has 0 aromatic carbocycles. The molecule has 116 valence electrons. The molecule has 1 unspecified atom stereocenters. The van der Waals surface area contributed by atoms with Gasteiger partial charge in [0.1, 0.15) is 12.4 Å². The zero-order valence-corrected chi connectivity index (χ0v) is 12.5. The van der Waals surface area contributed by atoms with Gasteiger partial charge in [-0.05, 0) is 12.8 Å². The fourth-order valence-corrected chi connectivity index (χ4v) is 2.23. The standard InChI is InChI=1S/C15H23N3O3/c1-3-4-5-13(11-18-6-8-20-9-7-18)21-15-10-14(19-2)16-12-17-15/h3,10,12-13H,1,4-9,11H2,2H3. The molecule has 0 bridgehead atoms. The Morgan fingerprint density at radius 2 is 2.14 bits per heavy atom. The van der Waals surface area contributed by atoms with E-state index in [-0.39, 0.29) is 6.10 Å². The number of allylic oxidation sites excluding steroid dienone is 1. The van der Waals surface area contributed by atoms with Crippen LogP contribution < -0.4 is 9.47 Å². The Labute approximate surface area is 125 Å². The van der Waals surface area contributed by atoms with Gasteiger partial charge in [0.25, 0.3) is 0 Å². The van der Waals surface area contributed by atoms with Crippen molar-refractivity contribution in [2.45, 2.75) is 18.9 Å². The molecule has 1 aromatic heterocycles. The van der Waals surface area contributed by atoms with Crippen molar-refractivity contribution in [3.63, 3.8) is 0 Å². The fraction of sp³-hybridized carbons (Fsp3) is 0.600. The summed E-state index contributed by atoms with van der Waals surface area (Å²) in [5.41, 5.74) is 0. The van der Waals surface area contributed by atoms with E-state index in [0.717, 1.165) is 45.7 Å². The molecular formula is C15H23N3O3. The number of hydrogen-bond donors (Lipinski definition) is 0. The topological polar surface area (TPSA) is 56.7 Å². The van der Waals surface area contributed by atoms with Crippen LogP contribution in [0.4, 0.5) is 0 Å². The van der Waals surface area contributed by atoms with E-state index in [4.69, 9.17) is 14.2 Å². The van der Waals surface area contributed by atoms with E-state index in [1.807, 2.05) is 6.08 Å². The van der Waals surface area contributed by atoms with Gasteiger partial charge < -0.3 is 14.2 Å². The van der Waals surface area contributed by atoms with Gasteiger partial charge >= 0.3 is 0 Å². The number of rotatable bonds is 8. The molecule has 0 N–H and O–H groups in total. The van der Waals surface area contributed by atoms with Crippen molar-refractivity contribution >= 4 is 0 Å². The van der Waals surface area contributed by atoms with Crippen molar-refractivity contribution in [3.05, 3.63) is 25.0 Å². The molecule has 1 fully saturated rings. The smallest absolute Gasteiger partial charge is 0.220 e. The van der Waals surface area contributed by atoms with Crippen molar-refractivity contribution in [2.24, 2.45) is 0 Å². The minimum atomic E-state index is 0.0701. The van der Waals surface area contributed by atoms with E-state index >= 15 is 0 Å². The molecule has 0 saturated carbocycles. The summed E-state index contributed by atoms with van der Waals surface area (Å²) in [6, 6.07) is 1.71. The highest BCUT2D eigenvalue weighted by molar-refractivity contribution is 5.18. The maximum Gasteiger partial charge on any atom is 0.220 e. The molecule has 6 heteroatoms. The lowest BCUT2D eigenvalue weighted by molar-refractivity contribution is 0.0174. The summed E-state index contributed by atoms with van der Waals surface area (Å²) in [4.78, 5) is 10.5. The second-order valence-electron chi connectivity index (χ2n) is 4.92. The minimum absolute atomic E-state index is 0.0701. The minimum Gasteiger partial charge on any atom is -0.481 e. The zero-order chi connectivity index (χ0) is 14.9. The first-order chi connectivity index (χ1) is 10.3. The Bertz CT molecular complexity index is 436. The van der Waals surface area contributed by atoms with Crippen molar-refractivity contribution in [2.75, 3.05) is 40.0 Å². The molecule has 2 rings (SSSR count). The summed E-state index contributed by atoms with van der Waals surface area (Å²) in [7, 11) is 1.58. The lowest BCUT2D eigenvalue weighted by Crippen LogP contribution is -2.42. The van der Waals surface area contributed by atoms with Crippen LogP contribution in [0.15, 0.2) is 25.0 Å². The Balaban J connectivity index is 1.95. The van der Waals surface area contributed by atoms with Crippen LogP contribution in [0.25, 0.3) is 0 Å². The maximum absolute atomic E-state index is 6.00. The molecule has 21 heavy (non-hydrogen) atoms. The average Bonchev–Trinajstić information content (AvgIpc) is 2.54. The highest BCUT2D eigenvalue weighted by Crippen LogP contribution is 2.16. The number of ether oxygens (including phenoxy) is 3. The molecule has 2 heterocycles. The third-order valence-electron chi connectivity index (χ3n) is 3.37. The van der Waals surface area contributed by atoms with Crippen molar-refractivity contribution < 1.29 is 14.2 Å². The van der Waals surface area contributed by atoms with Crippen LogP contribution in [0, 0.1) is 0 Å². The molecular weight excluding hydrogens is 270 g/mol. The van der Waals surface area contributed by atoms with E-state index < -0.39 is 0 Å². The molecule has 6 nitrogen and oxygen atoms in total. The number of hydrogen-bond acceptors (Lipinski definition) is 6. The SMILES string of the molecule is C=CCCC(CN1CCOCC1)Oc1cc(OC)ncn1. The van der Waals surface area contributed by atoms with E-state index in [1.165, 1.54) is 6.33 Å².